The predicted octanol–water partition coefficient (Wildman–Crippen LogP) is -0.719. The Balaban J connectivity index is 2.63. The van der Waals surface area contributed by atoms with Crippen LogP contribution in [0.25, 0.3) is 0 Å². The Kier molecular flexibility index (Phi) is 1.97. The first-order chi connectivity index (χ1) is 5.20. The highest BCUT2D eigenvalue weighted by Gasteiger charge is 2.41. The molecule has 0 aromatic carbocycles. The maximum Gasteiger partial charge on any atom is 0.230 e. The van der Waals surface area contributed by atoms with E-state index in [-0.39, 0.29) is 11.9 Å². The Morgan fingerprint density at radius 2 is 2.55 bits per heavy atom. The number of hydrogen-bond acceptors (Lipinski definition) is 2. The smallest absolute Gasteiger partial charge is 0.230 e. The van der Waals surface area contributed by atoms with Gasteiger partial charge in [-0.1, -0.05) is 12.0 Å². The van der Waals surface area contributed by atoms with E-state index >= 15 is 0 Å². The maximum absolute atomic E-state index is 10.8. The van der Waals surface area contributed by atoms with E-state index in [4.69, 9.17) is 6.42 Å². The minimum absolute atomic E-state index is 0.208. The molecule has 0 bridgehead atoms. The zero-order valence-electron chi connectivity index (χ0n) is 5.95. The highest BCUT2D eigenvalue weighted by atomic mass is 16.3. The van der Waals surface area contributed by atoms with E-state index in [9.17, 15) is 9.90 Å². The zero-order valence-corrected chi connectivity index (χ0v) is 5.95. The topological polar surface area (TPSA) is 49.3 Å². The van der Waals surface area contributed by atoms with Crippen molar-refractivity contribution >= 4 is 5.91 Å². The van der Waals surface area contributed by atoms with E-state index in [1.54, 1.807) is 0 Å². The lowest BCUT2D eigenvalue weighted by Gasteiger charge is -2.34. The van der Waals surface area contributed by atoms with Gasteiger partial charge in [0.15, 0.2) is 0 Å². The average Bonchev–Trinajstić information content (AvgIpc) is 1.99. The van der Waals surface area contributed by atoms with Gasteiger partial charge in [0.25, 0.3) is 0 Å². The van der Waals surface area contributed by atoms with Crippen molar-refractivity contribution in [3.63, 3.8) is 0 Å². The second-order valence-corrected chi connectivity index (χ2v) is 2.41. The molecule has 1 amide bonds. The van der Waals surface area contributed by atoms with E-state index < -0.39 is 12.0 Å². The predicted molar refractivity (Wildman–Crippen MR) is 40.5 cm³/mol. The maximum atomic E-state index is 10.8. The Morgan fingerprint density at radius 1 is 1.91 bits per heavy atom. The van der Waals surface area contributed by atoms with Crippen LogP contribution in [-0.2, 0) is 4.79 Å². The quantitative estimate of drug-likeness (QED) is 0.311. The third-order valence-electron chi connectivity index (χ3n) is 1.75. The summed E-state index contributed by atoms with van der Waals surface area (Å²) in [6.45, 7) is 3.37. The Labute approximate surface area is 65.1 Å². The highest BCUT2D eigenvalue weighted by molar-refractivity contribution is 5.87. The second-order valence-electron chi connectivity index (χ2n) is 2.41. The molecule has 1 heterocycles. The van der Waals surface area contributed by atoms with E-state index in [2.05, 4.69) is 17.8 Å². The van der Waals surface area contributed by atoms with E-state index in [0.717, 1.165) is 0 Å². The summed E-state index contributed by atoms with van der Waals surface area (Å²) in [5.41, 5.74) is 0. The first-order valence-electron chi connectivity index (χ1n) is 3.28. The van der Waals surface area contributed by atoms with Crippen LogP contribution in [-0.4, -0.2) is 23.2 Å². The number of carbonyl (C=O) groups excluding carboxylic acids is 1. The molecule has 1 saturated heterocycles. The molecule has 0 radical (unpaired) electrons. The van der Waals surface area contributed by atoms with Crippen LogP contribution in [0.15, 0.2) is 12.7 Å². The number of amides is 1. The van der Waals surface area contributed by atoms with Gasteiger partial charge in [0.1, 0.15) is 6.04 Å². The van der Waals surface area contributed by atoms with Crippen molar-refractivity contribution in [3.05, 3.63) is 12.7 Å². The van der Waals surface area contributed by atoms with Crippen LogP contribution in [0.5, 0.6) is 0 Å². The first-order valence-corrected chi connectivity index (χ1v) is 3.28. The van der Waals surface area contributed by atoms with Crippen LogP contribution < -0.4 is 5.32 Å². The van der Waals surface area contributed by atoms with Crippen molar-refractivity contribution in [3.8, 4) is 12.3 Å². The largest absolute Gasteiger partial charge is 0.388 e. The molecule has 1 rings (SSSR count). The van der Waals surface area contributed by atoms with Gasteiger partial charge in [-0.05, 0) is 0 Å². The van der Waals surface area contributed by atoms with Crippen molar-refractivity contribution < 1.29 is 9.90 Å². The normalized spacial score (nSPS) is 31.1. The van der Waals surface area contributed by atoms with E-state index in [1.807, 2.05) is 0 Å². The van der Waals surface area contributed by atoms with Crippen LogP contribution in [0.3, 0.4) is 0 Å². The van der Waals surface area contributed by atoms with Gasteiger partial charge in [-0.15, -0.1) is 13.0 Å². The average molecular weight is 151 g/mol. The van der Waals surface area contributed by atoms with Crippen LogP contribution in [0.4, 0.5) is 0 Å². The molecule has 58 valence electrons. The van der Waals surface area contributed by atoms with Gasteiger partial charge >= 0.3 is 0 Å². The van der Waals surface area contributed by atoms with Gasteiger partial charge in [0.2, 0.25) is 5.91 Å². The number of rotatable bonds is 2. The first kappa shape index (κ1) is 7.83. The van der Waals surface area contributed by atoms with Crippen molar-refractivity contribution in [1.82, 2.24) is 5.32 Å². The molecule has 0 spiro atoms. The van der Waals surface area contributed by atoms with Gasteiger partial charge in [0.05, 0.1) is 12.0 Å². The van der Waals surface area contributed by atoms with Gasteiger partial charge < -0.3 is 10.4 Å². The van der Waals surface area contributed by atoms with Gasteiger partial charge in [-0.2, -0.15) is 0 Å². The second kappa shape index (κ2) is 2.77. The molecule has 1 aliphatic heterocycles. The van der Waals surface area contributed by atoms with E-state index in [0.29, 0.717) is 0 Å². The minimum Gasteiger partial charge on any atom is -0.388 e. The fraction of sp³-hybridized carbons (Fsp3) is 0.375. The molecule has 2 N–H and O–H groups in total. The summed E-state index contributed by atoms with van der Waals surface area (Å²) < 4.78 is 0. The molecule has 11 heavy (non-hydrogen) atoms. The molecule has 3 heteroatoms. The third kappa shape index (κ3) is 1.13. The summed E-state index contributed by atoms with van der Waals surface area (Å²) in [5.74, 6) is 1.65. The Morgan fingerprint density at radius 3 is 2.91 bits per heavy atom. The SMILES string of the molecule is C#CC1NC(=O)[C@@H]1[C@H](O)C=C. The summed E-state index contributed by atoms with van der Waals surface area (Å²) in [6, 6.07) is -0.338. The van der Waals surface area contributed by atoms with Crippen LogP contribution in [0.2, 0.25) is 0 Å². The van der Waals surface area contributed by atoms with Crippen molar-refractivity contribution in [2.75, 3.05) is 0 Å². The molecule has 1 unspecified atom stereocenters. The molecule has 1 fully saturated rings. The number of aliphatic hydroxyl groups is 1. The summed E-state index contributed by atoms with van der Waals surface area (Å²) >= 11 is 0. The molecule has 0 aliphatic carbocycles. The van der Waals surface area contributed by atoms with Crippen LogP contribution >= 0.6 is 0 Å². The molecule has 0 aromatic rings. The number of β-lactam (4-membered cyclic amide) rings is 1. The van der Waals surface area contributed by atoms with Crippen LogP contribution in [0, 0.1) is 18.3 Å². The number of terminal acetylenes is 1. The molecule has 3 atom stereocenters. The molecule has 0 saturated carbocycles. The number of carbonyl (C=O) groups is 1. The lowest BCUT2D eigenvalue weighted by molar-refractivity contribution is -0.137. The summed E-state index contributed by atoms with van der Waals surface area (Å²) in [5, 5.41) is 11.7. The van der Waals surface area contributed by atoms with Gasteiger partial charge in [-0.3, -0.25) is 4.79 Å². The van der Waals surface area contributed by atoms with Crippen molar-refractivity contribution in [2.45, 2.75) is 12.1 Å². The lowest BCUT2D eigenvalue weighted by Crippen LogP contribution is -2.61. The minimum atomic E-state index is -0.829. The zero-order chi connectivity index (χ0) is 8.43. The number of hydrogen-bond donors (Lipinski definition) is 2. The fourth-order valence-electron chi connectivity index (χ4n) is 1.04. The molecular formula is C8H9NO2. The van der Waals surface area contributed by atoms with Gasteiger partial charge in [0, 0.05) is 0 Å². The Hall–Kier alpha value is -1.27. The lowest BCUT2D eigenvalue weighted by atomic mass is 9.86. The highest BCUT2D eigenvalue weighted by Crippen LogP contribution is 2.18. The van der Waals surface area contributed by atoms with Crippen molar-refractivity contribution in [2.24, 2.45) is 5.92 Å². The fourth-order valence-corrected chi connectivity index (χ4v) is 1.04. The molecule has 1 aliphatic rings. The molecular weight excluding hydrogens is 142 g/mol. The number of aliphatic hydroxyl groups excluding tert-OH is 1. The summed E-state index contributed by atoms with van der Waals surface area (Å²) in [6.07, 6.45) is 5.55. The monoisotopic (exact) mass is 151 g/mol. The summed E-state index contributed by atoms with van der Waals surface area (Å²) in [4.78, 5) is 10.8. The summed E-state index contributed by atoms with van der Waals surface area (Å²) in [7, 11) is 0. The third-order valence-corrected chi connectivity index (χ3v) is 1.75. The Bertz CT molecular complexity index is 229. The number of nitrogens with one attached hydrogen (secondary N) is 1. The standard InChI is InChI=1S/C8H9NO2/c1-3-5-7(6(10)4-2)8(11)9-5/h1,4-7,10H,2H2,(H,9,11)/t5?,6-,7+/m1/s1. The van der Waals surface area contributed by atoms with E-state index in [1.165, 1.54) is 6.08 Å². The van der Waals surface area contributed by atoms with Crippen molar-refractivity contribution in [1.29, 1.82) is 0 Å². The van der Waals surface area contributed by atoms with Gasteiger partial charge in [-0.25, -0.2) is 0 Å². The molecule has 0 aromatic heterocycles. The molecule has 3 nitrogen and oxygen atoms in total. The van der Waals surface area contributed by atoms with Crippen LogP contribution in [0.1, 0.15) is 0 Å².